The largest absolute Gasteiger partial charge is 0.466 e. The molecule has 2 rings (SSSR count). The molecule has 110 valence electrons. The Bertz CT molecular complexity index is 583. The second-order valence-electron chi connectivity index (χ2n) is 5.67. The topological polar surface area (TPSA) is 45.4 Å². The SMILES string of the molecule is Cc1cc(C(C)(O)CNC(C)c2sccc2C)c(C)o1. The average Bonchev–Trinajstić information content (AvgIpc) is 2.92. The van der Waals surface area contributed by atoms with Crippen LogP contribution in [-0.2, 0) is 5.60 Å². The summed E-state index contributed by atoms with van der Waals surface area (Å²) in [4.78, 5) is 1.32. The van der Waals surface area contributed by atoms with Gasteiger partial charge in [-0.1, -0.05) is 0 Å². The third-order valence-corrected chi connectivity index (χ3v) is 4.87. The minimum Gasteiger partial charge on any atom is -0.466 e. The average molecular weight is 293 g/mol. The van der Waals surface area contributed by atoms with E-state index in [9.17, 15) is 5.11 Å². The van der Waals surface area contributed by atoms with Crippen LogP contribution in [0, 0.1) is 20.8 Å². The molecular weight excluding hydrogens is 270 g/mol. The number of furan rings is 1. The van der Waals surface area contributed by atoms with E-state index in [0.717, 1.165) is 17.1 Å². The first kappa shape index (κ1) is 15.3. The maximum Gasteiger partial charge on any atom is 0.107 e. The highest BCUT2D eigenvalue weighted by Gasteiger charge is 2.28. The minimum atomic E-state index is -0.929. The third-order valence-electron chi connectivity index (χ3n) is 3.67. The Labute approximate surface area is 124 Å². The van der Waals surface area contributed by atoms with Crippen LogP contribution in [0.2, 0.25) is 0 Å². The zero-order valence-electron chi connectivity index (χ0n) is 12.8. The van der Waals surface area contributed by atoms with Gasteiger partial charge in [-0.2, -0.15) is 0 Å². The molecule has 0 aliphatic heterocycles. The van der Waals surface area contributed by atoms with Gasteiger partial charge in [-0.3, -0.25) is 0 Å². The summed E-state index contributed by atoms with van der Waals surface area (Å²) in [6, 6.07) is 4.27. The Kier molecular flexibility index (Phi) is 4.37. The van der Waals surface area contributed by atoms with Gasteiger partial charge in [0.1, 0.15) is 17.1 Å². The van der Waals surface area contributed by atoms with E-state index in [1.54, 1.807) is 11.3 Å². The quantitative estimate of drug-likeness (QED) is 0.881. The number of aliphatic hydroxyl groups is 1. The molecule has 2 heterocycles. The standard InChI is InChI=1S/C16H23NO2S/c1-10-6-7-20-15(10)12(3)17-9-16(5,18)14-8-11(2)19-13(14)4/h6-8,12,17-18H,9H2,1-5H3. The second kappa shape index (κ2) is 5.72. The van der Waals surface area contributed by atoms with E-state index in [-0.39, 0.29) is 6.04 Å². The van der Waals surface area contributed by atoms with Crippen LogP contribution in [0.4, 0.5) is 0 Å². The van der Waals surface area contributed by atoms with Crippen LogP contribution >= 0.6 is 11.3 Å². The fraction of sp³-hybridized carbons (Fsp3) is 0.500. The summed E-state index contributed by atoms with van der Waals surface area (Å²) in [7, 11) is 0. The summed E-state index contributed by atoms with van der Waals surface area (Å²) in [5.41, 5.74) is 1.23. The molecule has 0 aliphatic rings. The summed E-state index contributed by atoms with van der Waals surface area (Å²) in [5.74, 6) is 1.62. The first-order chi connectivity index (χ1) is 9.31. The predicted octanol–water partition coefficient (Wildman–Crippen LogP) is 3.82. The smallest absolute Gasteiger partial charge is 0.107 e. The van der Waals surface area contributed by atoms with E-state index in [1.807, 2.05) is 26.8 Å². The predicted molar refractivity (Wildman–Crippen MR) is 83.2 cm³/mol. The molecule has 2 aromatic heterocycles. The Morgan fingerprint density at radius 1 is 1.40 bits per heavy atom. The van der Waals surface area contributed by atoms with Gasteiger partial charge >= 0.3 is 0 Å². The van der Waals surface area contributed by atoms with Gasteiger partial charge in [0.15, 0.2) is 0 Å². The summed E-state index contributed by atoms with van der Waals surface area (Å²) in [6.07, 6.45) is 0. The van der Waals surface area contributed by atoms with Gasteiger partial charge < -0.3 is 14.8 Å². The van der Waals surface area contributed by atoms with Crippen molar-refractivity contribution in [1.82, 2.24) is 5.32 Å². The lowest BCUT2D eigenvalue weighted by Crippen LogP contribution is -2.36. The lowest BCUT2D eigenvalue weighted by atomic mass is 9.96. The lowest BCUT2D eigenvalue weighted by molar-refractivity contribution is 0.0530. The maximum absolute atomic E-state index is 10.7. The van der Waals surface area contributed by atoms with Crippen molar-refractivity contribution in [3.63, 3.8) is 0 Å². The molecule has 4 heteroatoms. The number of hydrogen-bond donors (Lipinski definition) is 2. The Morgan fingerprint density at radius 2 is 2.10 bits per heavy atom. The van der Waals surface area contributed by atoms with Gasteiger partial charge in [0.25, 0.3) is 0 Å². The van der Waals surface area contributed by atoms with E-state index in [1.165, 1.54) is 10.4 Å². The van der Waals surface area contributed by atoms with Crippen molar-refractivity contribution in [2.24, 2.45) is 0 Å². The van der Waals surface area contributed by atoms with Crippen molar-refractivity contribution < 1.29 is 9.52 Å². The second-order valence-corrected chi connectivity index (χ2v) is 6.62. The highest BCUT2D eigenvalue weighted by atomic mass is 32.1. The number of rotatable bonds is 5. The van der Waals surface area contributed by atoms with Crippen LogP contribution in [0.15, 0.2) is 21.9 Å². The Hall–Kier alpha value is -1.10. The molecule has 0 aromatic carbocycles. The normalized spacial score (nSPS) is 16.1. The Balaban J connectivity index is 2.06. The van der Waals surface area contributed by atoms with Crippen LogP contribution in [0.25, 0.3) is 0 Å². The molecule has 3 nitrogen and oxygen atoms in total. The summed E-state index contributed by atoms with van der Waals surface area (Å²) in [6.45, 7) is 10.4. The zero-order valence-corrected chi connectivity index (χ0v) is 13.6. The molecule has 0 fully saturated rings. The molecule has 2 atom stereocenters. The van der Waals surface area contributed by atoms with Crippen molar-refractivity contribution in [2.45, 2.75) is 46.3 Å². The van der Waals surface area contributed by atoms with E-state index in [0.29, 0.717) is 6.54 Å². The van der Waals surface area contributed by atoms with Crippen molar-refractivity contribution in [1.29, 1.82) is 0 Å². The molecule has 0 saturated carbocycles. The highest BCUT2D eigenvalue weighted by Crippen LogP contribution is 2.28. The van der Waals surface area contributed by atoms with Crippen LogP contribution in [0.3, 0.4) is 0 Å². The lowest BCUT2D eigenvalue weighted by Gasteiger charge is -2.25. The molecule has 0 amide bonds. The molecule has 2 N–H and O–H groups in total. The highest BCUT2D eigenvalue weighted by molar-refractivity contribution is 7.10. The minimum absolute atomic E-state index is 0.231. The first-order valence-electron chi connectivity index (χ1n) is 6.88. The molecule has 0 saturated heterocycles. The molecule has 2 aromatic rings. The van der Waals surface area contributed by atoms with Crippen LogP contribution in [-0.4, -0.2) is 11.7 Å². The number of hydrogen-bond acceptors (Lipinski definition) is 4. The molecule has 20 heavy (non-hydrogen) atoms. The first-order valence-corrected chi connectivity index (χ1v) is 7.76. The molecule has 2 unspecified atom stereocenters. The summed E-state index contributed by atoms with van der Waals surface area (Å²) < 4.78 is 5.51. The van der Waals surface area contributed by atoms with Gasteiger partial charge in [-0.15, -0.1) is 11.3 Å². The fourth-order valence-corrected chi connectivity index (χ4v) is 3.49. The van der Waals surface area contributed by atoms with Gasteiger partial charge in [0.2, 0.25) is 0 Å². The van der Waals surface area contributed by atoms with Crippen LogP contribution in [0.1, 0.15) is 47.4 Å². The monoisotopic (exact) mass is 293 g/mol. The third kappa shape index (κ3) is 3.14. The summed E-state index contributed by atoms with van der Waals surface area (Å²) in [5, 5.41) is 16.2. The number of thiophene rings is 1. The number of nitrogens with one attached hydrogen (secondary N) is 1. The summed E-state index contributed by atoms with van der Waals surface area (Å²) >= 11 is 1.75. The van der Waals surface area contributed by atoms with Crippen molar-refractivity contribution in [3.8, 4) is 0 Å². The molecule has 0 radical (unpaired) electrons. The Morgan fingerprint density at radius 3 is 2.60 bits per heavy atom. The van der Waals surface area contributed by atoms with Crippen molar-refractivity contribution >= 4 is 11.3 Å². The van der Waals surface area contributed by atoms with Gasteiger partial charge in [-0.05, 0) is 57.7 Å². The molecular formula is C16H23NO2S. The van der Waals surface area contributed by atoms with Crippen LogP contribution in [0.5, 0.6) is 0 Å². The molecule has 0 bridgehead atoms. The van der Waals surface area contributed by atoms with Crippen LogP contribution < -0.4 is 5.32 Å². The maximum atomic E-state index is 10.7. The molecule has 0 aliphatic carbocycles. The molecule has 0 spiro atoms. The van der Waals surface area contributed by atoms with Crippen molar-refractivity contribution in [2.75, 3.05) is 6.54 Å². The van der Waals surface area contributed by atoms with Gasteiger partial charge in [0, 0.05) is 23.0 Å². The number of aryl methyl sites for hydroxylation is 3. The van der Waals surface area contributed by atoms with E-state index >= 15 is 0 Å². The van der Waals surface area contributed by atoms with E-state index in [2.05, 4.69) is 30.6 Å². The van der Waals surface area contributed by atoms with Crippen molar-refractivity contribution in [3.05, 3.63) is 45.0 Å². The fourth-order valence-electron chi connectivity index (χ4n) is 2.53. The zero-order chi connectivity index (χ0) is 14.9. The van der Waals surface area contributed by atoms with E-state index in [4.69, 9.17) is 4.42 Å². The van der Waals surface area contributed by atoms with Gasteiger partial charge in [-0.25, -0.2) is 0 Å². The van der Waals surface area contributed by atoms with Gasteiger partial charge in [0.05, 0.1) is 0 Å². The van der Waals surface area contributed by atoms with E-state index < -0.39 is 5.60 Å².